The van der Waals surface area contributed by atoms with E-state index >= 15 is 0 Å². The summed E-state index contributed by atoms with van der Waals surface area (Å²) >= 11 is 0. The Morgan fingerprint density at radius 2 is 0.967 bits per heavy atom. The van der Waals surface area contributed by atoms with E-state index in [1.807, 2.05) is 18.2 Å². The second-order valence-corrected chi connectivity index (χ2v) is 16.6. The van der Waals surface area contributed by atoms with E-state index in [0.29, 0.717) is 5.92 Å². The number of hydrogen-bond acceptors (Lipinski definition) is 3. The molecule has 1 fully saturated rings. The summed E-state index contributed by atoms with van der Waals surface area (Å²) in [5.41, 5.74) is 15.4. The normalized spacial score (nSPS) is 13.5. The highest BCUT2D eigenvalue weighted by Gasteiger charge is 2.24. The zero-order valence-electron chi connectivity index (χ0n) is 33.9. The standard InChI is InChI=1S/C58H43NO2/c1-2-15-38(16-3-1)45-26-12-17-39-18-13-28-49(57(39)45)47-23-4-7-29-52(47)59(43-21-10-19-40(35-43)41-33-34-55-51(37-41)48-24-5-8-30-53(48)60-55)44-22-11-20-42(36-44)46-27-14-32-56-58(46)50-25-6-9-31-54(50)61-56/h4-14,17-38H,1-3,15-16H2. The lowest BCUT2D eigenvalue weighted by Gasteiger charge is -2.30. The third-order valence-corrected chi connectivity index (χ3v) is 13.0. The SMILES string of the molecule is c1cc(-c2ccc3oc4ccccc4c3c2)cc(N(c2cccc(-c3cccc4oc5ccccc5c34)c2)c2ccccc2-c2cccc3cccc(C4CCCCC4)c23)c1. The van der Waals surface area contributed by atoms with E-state index in [1.54, 1.807) is 0 Å². The fraction of sp³-hybridized carbons (Fsp3) is 0.103. The van der Waals surface area contributed by atoms with E-state index in [1.165, 1.54) is 59.6 Å². The van der Waals surface area contributed by atoms with Gasteiger partial charge in [-0.2, -0.15) is 0 Å². The van der Waals surface area contributed by atoms with Gasteiger partial charge in [0, 0.05) is 38.5 Å². The average molecular weight is 786 g/mol. The summed E-state index contributed by atoms with van der Waals surface area (Å²) in [6.07, 6.45) is 6.43. The Balaban J connectivity index is 1.07. The minimum Gasteiger partial charge on any atom is -0.456 e. The molecule has 3 nitrogen and oxygen atoms in total. The van der Waals surface area contributed by atoms with Crippen molar-refractivity contribution in [2.45, 2.75) is 38.0 Å². The molecule has 0 bridgehead atoms. The molecule has 12 rings (SSSR count). The molecule has 11 aromatic rings. The topological polar surface area (TPSA) is 29.5 Å². The number of furan rings is 2. The number of benzene rings is 9. The highest BCUT2D eigenvalue weighted by molar-refractivity contribution is 6.13. The third-order valence-electron chi connectivity index (χ3n) is 13.0. The van der Waals surface area contributed by atoms with E-state index < -0.39 is 0 Å². The van der Waals surface area contributed by atoms with Gasteiger partial charge in [0.05, 0.1) is 5.69 Å². The van der Waals surface area contributed by atoms with Crippen molar-refractivity contribution in [3.05, 3.63) is 200 Å². The van der Waals surface area contributed by atoms with Crippen LogP contribution < -0.4 is 4.90 Å². The van der Waals surface area contributed by atoms with Gasteiger partial charge < -0.3 is 13.7 Å². The molecule has 2 heterocycles. The first kappa shape index (κ1) is 35.6. The minimum atomic E-state index is 0.571. The molecule has 2 aromatic heterocycles. The van der Waals surface area contributed by atoms with Crippen LogP contribution in [0.15, 0.2) is 203 Å². The molecule has 0 amide bonds. The summed E-state index contributed by atoms with van der Waals surface area (Å²) in [7, 11) is 0. The van der Waals surface area contributed by atoms with Crippen LogP contribution in [0.25, 0.3) is 88.0 Å². The van der Waals surface area contributed by atoms with Crippen LogP contribution in [0, 0.1) is 0 Å². The first-order chi connectivity index (χ1) is 30.2. The summed E-state index contributed by atoms with van der Waals surface area (Å²) < 4.78 is 12.6. The van der Waals surface area contributed by atoms with Gasteiger partial charge in [0.15, 0.2) is 0 Å². The van der Waals surface area contributed by atoms with Crippen LogP contribution in [0.4, 0.5) is 17.1 Å². The second kappa shape index (κ2) is 14.7. The third kappa shape index (κ3) is 6.11. The van der Waals surface area contributed by atoms with Gasteiger partial charge in [-0.25, -0.2) is 0 Å². The lowest BCUT2D eigenvalue weighted by atomic mass is 9.80. The Labute approximate surface area is 355 Å². The molecule has 0 saturated heterocycles. The Bertz CT molecular complexity index is 3430. The van der Waals surface area contributed by atoms with Crippen molar-refractivity contribution in [3.63, 3.8) is 0 Å². The van der Waals surface area contributed by atoms with Crippen LogP contribution in [0.2, 0.25) is 0 Å². The summed E-state index contributed by atoms with van der Waals surface area (Å²) in [4.78, 5) is 2.46. The summed E-state index contributed by atoms with van der Waals surface area (Å²) in [6.45, 7) is 0. The van der Waals surface area contributed by atoms with Crippen molar-refractivity contribution in [2.24, 2.45) is 0 Å². The van der Waals surface area contributed by atoms with Gasteiger partial charge in [0.1, 0.15) is 22.3 Å². The molecule has 1 aliphatic carbocycles. The predicted molar refractivity (Wildman–Crippen MR) is 255 cm³/mol. The van der Waals surface area contributed by atoms with E-state index in [0.717, 1.165) is 83.2 Å². The molecule has 0 unspecified atom stereocenters. The first-order valence-corrected chi connectivity index (χ1v) is 21.7. The molecule has 1 aliphatic rings. The van der Waals surface area contributed by atoms with Crippen LogP contribution in [-0.2, 0) is 0 Å². The molecule has 0 atom stereocenters. The molecule has 1 saturated carbocycles. The minimum absolute atomic E-state index is 0.571. The highest BCUT2D eigenvalue weighted by Crippen LogP contribution is 2.47. The van der Waals surface area contributed by atoms with E-state index in [-0.39, 0.29) is 0 Å². The quantitative estimate of drug-likeness (QED) is 0.161. The van der Waals surface area contributed by atoms with Gasteiger partial charge in [-0.1, -0.05) is 153 Å². The Hall–Kier alpha value is -7.36. The second-order valence-electron chi connectivity index (χ2n) is 16.6. The van der Waals surface area contributed by atoms with Crippen molar-refractivity contribution in [1.82, 2.24) is 0 Å². The average Bonchev–Trinajstić information content (AvgIpc) is 3.90. The lowest BCUT2D eigenvalue weighted by Crippen LogP contribution is -2.12. The number of para-hydroxylation sites is 3. The highest BCUT2D eigenvalue weighted by atomic mass is 16.3. The molecule has 61 heavy (non-hydrogen) atoms. The number of anilines is 3. The molecule has 9 aromatic carbocycles. The van der Waals surface area contributed by atoms with E-state index in [4.69, 9.17) is 8.83 Å². The van der Waals surface area contributed by atoms with Gasteiger partial charge in [0.25, 0.3) is 0 Å². The molecule has 0 spiro atoms. The number of hydrogen-bond donors (Lipinski definition) is 0. The van der Waals surface area contributed by atoms with Crippen LogP contribution in [0.3, 0.4) is 0 Å². The van der Waals surface area contributed by atoms with Gasteiger partial charge in [-0.15, -0.1) is 0 Å². The van der Waals surface area contributed by atoms with Gasteiger partial charge in [-0.3, -0.25) is 0 Å². The van der Waals surface area contributed by atoms with E-state index in [9.17, 15) is 0 Å². The van der Waals surface area contributed by atoms with Crippen LogP contribution >= 0.6 is 0 Å². The van der Waals surface area contributed by atoms with Crippen molar-refractivity contribution in [2.75, 3.05) is 4.90 Å². The van der Waals surface area contributed by atoms with Gasteiger partial charge in [-0.05, 0) is 124 Å². The molecule has 3 heteroatoms. The maximum atomic E-state index is 6.37. The predicted octanol–water partition coefficient (Wildman–Crippen LogP) is 17.2. The zero-order valence-corrected chi connectivity index (χ0v) is 33.9. The largest absolute Gasteiger partial charge is 0.456 e. The molecule has 0 radical (unpaired) electrons. The lowest BCUT2D eigenvalue weighted by molar-refractivity contribution is 0.445. The van der Waals surface area contributed by atoms with Gasteiger partial charge in [0.2, 0.25) is 0 Å². The van der Waals surface area contributed by atoms with Crippen molar-refractivity contribution < 1.29 is 8.83 Å². The van der Waals surface area contributed by atoms with Gasteiger partial charge >= 0.3 is 0 Å². The fourth-order valence-electron chi connectivity index (χ4n) is 10.2. The Kier molecular flexibility index (Phi) is 8.59. The number of fused-ring (bicyclic) bond motifs is 7. The summed E-state index contributed by atoms with van der Waals surface area (Å²) in [5, 5.41) is 7.20. The molecule has 0 aliphatic heterocycles. The number of rotatable bonds is 7. The molecular weight excluding hydrogens is 743 g/mol. The first-order valence-electron chi connectivity index (χ1n) is 21.7. The summed E-state index contributed by atoms with van der Waals surface area (Å²) in [5.74, 6) is 0.571. The summed E-state index contributed by atoms with van der Waals surface area (Å²) in [6, 6.07) is 70.5. The fourth-order valence-corrected chi connectivity index (χ4v) is 10.2. The zero-order chi connectivity index (χ0) is 40.3. The number of nitrogens with zero attached hydrogens (tertiary/aromatic N) is 1. The van der Waals surface area contributed by atoms with E-state index in [2.05, 4.69) is 181 Å². The van der Waals surface area contributed by atoms with Crippen LogP contribution in [0.5, 0.6) is 0 Å². The monoisotopic (exact) mass is 785 g/mol. The van der Waals surface area contributed by atoms with Crippen molar-refractivity contribution in [3.8, 4) is 33.4 Å². The molecule has 0 N–H and O–H groups in total. The van der Waals surface area contributed by atoms with Crippen LogP contribution in [-0.4, -0.2) is 0 Å². The Morgan fingerprint density at radius 3 is 1.82 bits per heavy atom. The van der Waals surface area contributed by atoms with Crippen LogP contribution in [0.1, 0.15) is 43.6 Å². The molecular formula is C58H43NO2. The maximum absolute atomic E-state index is 6.37. The van der Waals surface area contributed by atoms with Crippen molar-refractivity contribution >= 4 is 71.7 Å². The Morgan fingerprint density at radius 1 is 0.377 bits per heavy atom. The maximum Gasteiger partial charge on any atom is 0.136 e. The van der Waals surface area contributed by atoms with Crippen molar-refractivity contribution in [1.29, 1.82) is 0 Å². The smallest absolute Gasteiger partial charge is 0.136 e. The molecule has 292 valence electrons.